The number of carbonyl (C=O) groups excluding carboxylic acids is 2. The molecule has 5 heteroatoms. The molecule has 1 N–H and O–H groups in total. The van der Waals surface area contributed by atoms with Gasteiger partial charge in [0.1, 0.15) is 0 Å². The molecule has 5 nitrogen and oxygen atoms in total. The molecule has 1 atom stereocenters. The van der Waals surface area contributed by atoms with Crippen molar-refractivity contribution in [3.05, 3.63) is 0 Å². The second-order valence-corrected chi connectivity index (χ2v) is 5.26. The van der Waals surface area contributed by atoms with E-state index in [0.717, 1.165) is 25.8 Å². The second kappa shape index (κ2) is 5.26. The van der Waals surface area contributed by atoms with Crippen molar-refractivity contribution in [2.24, 2.45) is 0 Å². The summed E-state index contributed by atoms with van der Waals surface area (Å²) in [5.74, 6) is 0.331. The van der Waals surface area contributed by atoms with Gasteiger partial charge in [-0.1, -0.05) is 6.92 Å². The Kier molecular flexibility index (Phi) is 3.90. The van der Waals surface area contributed by atoms with Crippen molar-refractivity contribution in [1.82, 2.24) is 15.1 Å². The van der Waals surface area contributed by atoms with Gasteiger partial charge in [-0.3, -0.25) is 9.59 Å². The maximum atomic E-state index is 12.6. The molecule has 0 aromatic rings. The normalized spacial score (nSPS) is 28.6. The van der Waals surface area contributed by atoms with Crippen LogP contribution in [-0.4, -0.2) is 59.9 Å². The van der Waals surface area contributed by atoms with Crippen LogP contribution in [0.4, 0.5) is 0 Å². The molecular formula is C13H23N3O2. The molecule has 2 amide bonds. The van der Waals surface area contributed by atoms with Crippen molar-refractivity contribution in [3.8, 4) is 0 Å². The van der Waals surface area contributed by atoms with Gasteiger partial charge in [-0.25, -0.2) is 0 Å². The molecule has 0 saturated carbocycles. The van der Waals surface area contributed by atoms with Crippen molar-refractivity contribution < 1.29 is 9.59 Å². The number of hydrogen-bond acceptors (Lipinski definition) is 3. The molecule has 0 bridgehead atoms. The maximum absolute atomic E-state index is 12.6. The third kappa shape index (κ3) is 2.36. The van der Waals surface area contributed by atoms with Crippen LogP contribution in [0.15, 0.2) is 0 Å². The first-order valence-electron chi connectivity index (χ1n) is 6.89. The lowest BCUT2D eigenvalue weighted by molar-refractivity contribution is -0.143. The number of rotatable bonds is 2. The van der Waals surface area contributed by atoms with Gasteiger partial charge in [0.05, 0.1) is 5.54 Å². The molecule has 0 aromatic carbocycles. The van der Waals surface area contributed by atoms with Gasteiger partial charge in [0, 0.05) is 33.1 Å². The number of nitrogens with zero attached hydrogens (tertiary/aromatic N) is 2. The van der Waals surface area contributed by atoms with Crippen molar-refractivity contribution in [3.63, 3.8) is 0 Å². The Hall–Kier alpha value is -1.10. The van der Waals surface area contributed by atoms with Crippen LogP contribution in [0.3, 0.4) is 0 Å². The van der Waals surface area contributed by atoms with Crippen molar-refractivity contribution >= 4 is 11.8 Å². The van der Waals surface area contributed by atoms with Crippen molar-refractivity contribution in [2.45, 2.75) is 38.6 Å². The SMILES string of the molecule is CCC1(C(=O)N2CCN(C(C)=O)CC2)CCCN1. The second-order valence-electron chi connectivity index (χ2n) is 5.26. The molecule has 0 radical (unpaired) electrons. The van der Waals surface area contributed by atoms with Gasteiger partial charge in [0.15, 0.2) is 0 Å². The number of hydrogen-bond donors (Lipinski definition) is 1. The number of carbonyl (C=O) groups is 2. The first-order chi connectivity index (χ1) is 8.59. The van der Waals surface area contributed by atoms with E-state index in [9.17, 15) is 9.59 Å². The van der Waals surface area contributed by atoms with E-state index in [2.05, 4.69) is 12.2 Å². The number of piperazine rings is 1. The standard InChI is InChI=1S/C13H23N3O2/c1-3-13(5-4-6-14-13)12(18)16-9-7-15(8-10-16)11(2)17/h14H,3-10H2,1-2H3. The fourth-order valence-corrected chi connectivity index (χ4v) is 2.97. The zero-order valence-corrected chi connectivity index (χ0v) is 11.4. The van der Waals surface area contributed by atoms with Gasteiger partial charge in [0.2, 0.25) is 11.8 Å². The topological polar surface area (TPSA) is 52.7 Å². The zero-order valence-electron chi connectivity index (χ0n) is 11.4. The molecule has 0 aromatic heterocycles. The van der Waals surface area contributed by atoms with E-state index >= 15 is 0 Å². The maximum Gasteiger partial charge on any atom is 0.242 e. The van der Waals surface area contributed by atoms with E-state index in [-0.39, 0.29) is 17.4 Å². The molecule has 2 saturated heterocycles. The van der Waals surface area contributed by atoms with Crippen LogP contribution in [0.25, 0.3) is 0 Å². The predicted molar refractivity (Wildman–Crippen MR) is 69.1 cm³/mol. The predicted octanol–water partition coefficient (Wildman–Crippen LogP) is 0.209. The van der Waals surface area contributed by atoms with Gasteiger partial charge in [-0.05, 0) is 25.8 Å². The minimum absolute atomic E-state index is 0.103. The van der Waals surface area contributed by atoms with Crippen LogP contribution in [-0.2, 0) is 9.59 Å². The van der Waals surface area contributed by atoms with Gasteiger partial charge < -0.3 is 15.1 Å². The van der Waals surface area contributed by atoms with Gasteiger partial charge >= 0.3 is 0 Å². The van der Waals surface area contributed by atoms with Crippen LogP contribution >= 0.6 is 0 Å². The summed E-state index contributed by atoms with van der Waals surface area (Å²) in [5, 5.41) is 3.38. The molecule has 2 aliphatic heterocycles. The fourth-order valence-electron chi connectivity index (χ4n) is 2.97. The summed E-state index contributed by atoms with van der Waals surface area (Å²) < 4.78 is 0. The van der Waals surface area contributed by atoms with Crippen LogP contribution in [0, 0.1) is 0 Å². The van der Waals surface area contributed by atoms with Crippen LogP contribution in [0.5, 0.6) is 0 Å². The highest BCUT2D eigenvalue weighted by molar-refractivity contribution is 5.87. The lowest BCUT2D eigenvalue weighted by Crippen LogP contribution is -2.59. The summed E-state index contributed by atoms with van der Waals surface area (Å²) in [7, 11) is 0. The third-order valence-electron chi connectivity index (χ3n) is 4.27. The molecule has 2 aliphatic rings. The third-order valence-corrected chi connectivity index (χ3v) is 4.27. The highest BCUT2D eigenvalue weighted by Crippen LogP contribution is 2.26. The summed E-state index contributed by atoms with van der Waals surface area (Å²) in [6.07, 6.45) is 2.86. The molecule has 1 unspecified atom stereocenters. The van der Waals surface area contributed by atoms with E-state index in [1.807, 2.05) is 9.80 Å². The Labute approximate surface area is 108 Å². The summed E-state index contributed by atoms with van der Waals surface area (Å²) in [6, 6.07) is 0. The average Bonchev–Trinajstić information content (AvgIpc) is 2.88. The van der Waals surface area contributed by atoms with E-state index < -0.39 is 0 Å². The van der Waals surface area contributed by atoms with Crippen LogP contribution in [0.2, 0.25) is 0 Å². The van der Waals surface area contributed by atoms with E-state index in [1.54, 1.807) is 6.92 Å². The number of amides is 2. The molecule has 18 heavy (non-hydrogen) atoms. The Morgan fingerprint density at radius 1 is 1.17 bits per heavy atom. The summed E-state index contributed by atoms with van der Waals surface area (Å²) in [5.41, 5.74) is -0.335. The minimum Gasteiger partial charge on any atom is -0.339 e. The Morgan fingerprint density at radius 2 is 1.78 bits per heavy atom. The lowest BCUT2D eigenvalue weighted by Gasteiger charge is -2.39. The van der Waals surface area contributed by atoms with Crippen molar-refractivity contribution in [1.29, 1.82) is 0 Å². The summed E-state index contributed by atoms with van der Waals surface area (Å²) >= 11 is 0. The molecule has 2 fully saturated rings. The van der Waals surface area contributed by atoms with Crippen molar-refractivity contribution in [2.75, 3.05) is 32.7 Å². The molecule has 102 valence electrons. The lowest BCUT2D eigenvalue weighted by atomic mass is 9.92. The first kappa shape index (κ1) is 13.3. The Bertz CT molecular complexity index is 329. The molecule has 2 rings (SSSR count). The van der Waals surface area contributed by atoms with E-state index in [0.29, 0.717) is 26.2 Å². The van der Waals surface area contributed by atoms with E-state index in [1.165, 1.54) is 0 Å². The van der Waals surface area contributed by atoms with Gasteiger partial charge in [-0.15, -0.1) is 0 Å². The van der Waals surface area contributed by atoms with E-state index in [4.69, 9.17) is 0 Å². The fraction of sp³-hybridized carbons (Fsp3) is 0.846. The first-order valence-corrected chi connectivity index (χ1v) is 6.89. The minimum atomic E-state index is -0.335. The van der Waals surface area contributed by atoms with Gasteiger partial charge in [0.25, 0.3) is 0 Å². The zero-order chi connectivity index (χ0) is 13.2. The van der Waals surface area contributed by atoms with Gasteiger partial charge in [-0.2, -0.15) is 0 Å². The molecule has 0 aliphatic carbocycles. The highest BCUT2D eigenvalue weighted by atomic mass is 16.2. The summed E-state index contributed by atoms with van der Waals surface area (Å²) in [4.78, 5) is 27.6. The smallest absolute Gasteiger partial charge is 0.242 e. The largest absolute Gasteiger partial charge is 0.339 e. The van der Waals surface area contributed by atoms with Crippen LogP contribution < -0.4 is 5.32 Å². The number of nitrogens with one attached hydrogen (secondary N) is 1. The molecule has 0 spiro atoms. The molecule has 2 heterocycles. The average molecular weight is 253 g/mol. The van der Waals surface area contributed by atoms with Crippen LogP contribution in [0.1, 0.15) is 33.1 Å². The Morgan fingerprint density at radius 3 is 2.22 bits per heavy atom. The quantitative estimate of drug-likeness (QED) is 0.765. The summed E-state index contributed by atoms with van der Waals surface area (Å²) in [6.45, 7) is 7.27. The molecular weight excluding hydrogens is 230 g/mol. The highest BCUT2D eigenvalue weighted by Gasteiger charge is 2.42. The monoisotopic (exact) mass is 253 g/mol. The Balaban J connectivity index is 1.96.